The lowest BCUT2D eigenvalue weighted by Crippen LogP contribution is -2.08. The van der Waals surface area contributed by atoms with Crippen LogP contribution in [0.4, 0.5) is 0 Å². The Hall–Kier alpha value is -10.4. The molecule has 0 atom stereocenters. The second-order valence-corrected chi connectivity index (χ2v) is 24.1. The van der Waals surface area contributed by atoms with Crippen LogP contribution in [0.3, 0.4) is 0 Å². The molecule has 0 unspecified atom stereocenters. The van der Waals surface area contributed by atoms with E-state index in [0.29, 0.717) is 23.4 Å². The number of furan rings is 1. The third-order valence-corrected chi connectivity index (χ3v) is 18.0. The van der Waals surface area contributed by atoms with E-state index in [-0.39, 0.29) is 5.75 Å². The molecule has 0 fully saturated rings. The standard InChI is InChI=1S/C82H65N3O2/c1-49(2)58-44-59(50(3)4)46-60(45-58)65-35-21-34-64(55-28-14-9-15-29-55)77(65)68-47-61(48-73-78(68)66-31-16-17-37-72(66)87-73)74-67(76-62(53-24-10-7-11-25-53)32-20-33-63(76)54-26-12-8-13-27-54)41-43-70-80(74)84-82(85(70)81-51(5)22-18-23-52(81)6)69-42-40-57-39-38-56-30-19-36-71(86)75(56)79(57)83-69/h7-37,40-50,86H,38-39H2,1-6H3. The number of pyridine rings is 1. The van der Waals surface area contributed by atoms with Gasteiger partial charge in [0.15, 0.2) is 5.82 Å². The zero-order valence-electron chi connectivity index (χ0n) is 49.9. The number of aryl methyl sites for hydroxylation is 4. The summed E-state index contributed by atoms with van der Waals surface area (Å²) in [6.45, 7) is 13.6. The smallest absolute Gasteiger partial charge is 0.164 e. The van der Waals surface area contributed by atoms with Crippen LogP contribution in [-0.2, 0) is 12.8 Å². The van der Waals surface area contributed by atoms with Gasteiger partial charge in [-0.25, -0.2) is 9.97 Å². The molecular formula is C82H65N3O2. The topological polar surface area (TPSA) is 64.1 Å². The number of benzene rings is 11. The Labute approximate surface area is 508 Å². The fourth-order valence-electron chi connectivity index (χ4n) is 13.8. The third kappa shape index (κ3) is 9.16. The molecule has 0 spiro atoms. The van der Waals surface area contributed by atoms with Crippen LogP contribution < -0.4 is 0 Å². The molecule has 5 heteroatoms. The lowest BCUT2D eigenvalue weighted by Gasteiger charge is -2.22. The molecule has 5 nitrogen and oxygen atoms in total. The Bertz CT molecular complexity index is 4900. The van der Waals surface area contributed by atoms with Crippen molar-refractivity contribution in [2.24, 2.45) is 0 Å². The summed E-state index contributed by atoms with van der Waals surface area (Å²) in [6, 6.07) is 87.8. The van der Waals surface area contributed by atoms with E-state index in [2.05, 4.69) is 277 Å². The Morgan fingerprint density at radius 2 is 0.966 bits per heavy atom. The van der Waals surface area contributed by atoms with Gasteiger partial charge in [-0.1, -0.05) is 234 Å². The van der Waals surface area contributed by atoms with E-state index in [4.69, 9.17) is 14.4 Å². The molecule has 420 valence electrons. The SMILES string of the molecule is Cc1cccc(C)c1-n1c(-c2ccc3c(n2)-c2c(O)cccc2CC3)nc2c(-c3cc(-c4c(-c5ccccc5)cccc4-c4cc(C(C)C)cc(C(C)C)c4)c4c(c3)oc3ccccc34)c(-c3c(-c4ccccc4)cccc3-c3ccccc3)ccc21. The van der Waals surface area contributed by atoms with E-state index in [9.17, 15) is 5.11 Å². The van der Waals surface area contributed by atoms with Crippen LogP contribution in [0, 0.1) is 13.8 Å². The summed E-state index contributed by atoms with van der Waals surface area (Å²) >= 11 is 0. The number of para-hydroxylation sites is 2. The molecule has 14 aromatic rings. The molecule has 0 amide bonds. The molecule has 3 heterocycles. The van der Waals surface area contributed by atoms with E-state index in [1.54, 1.807) is 6.07 Å². The number of hydrogen-bond acceptors (Lipinski definition) is 4. The fraction of sp³-hybridized carbons (Fsp3) is 0.122. The highest BCUT2D eigenvalue weighted by atomic mass is 16.3. The molecule has 0 radical (unpaired) electrons. The molecule has 0 bridgehead atoms. The minimum atomic E-state index is 0.237. The first-order chi connectivity index (χ1) is 42.6. The highest BCUT2D eigenvalue weighted by Crippen LogP contribution is 2.52. The maximum absolute atomic E-state index is 11.6. The van der Waals surface area contributed by atoms with Crippen molar-refractivity contribution < 1.29 is 9.52 Å². The van der Waals surface area contributed by atoms with Gasteiger partial charge in [-0.2, -0.15) is 0 Å². The molecule has 0 saturated carbocycles. The maximum atomic E-state index is 11.6. The van der Waals surface area contributed by atoms with E-state index in [1.165, 1.54) is 16.7 Å². The first-order valence-corrected chi connectivity index (χ1v) is 30.5. The fourth-order valence-corrected chi connectivity index (χ4v) is 13.8. The normalized spacial score (nSPS) is 12.2. The number of fused-ring (bicyclic) bond motifs is 7. The monoisotopic (exact) mass is 1120 g/mol. The van der Waals surface area contributed by atoms with E-state index >= 15 is 0 Å². The molecule has 15 rings (SSSR count). The first-order valence-electron chi connectivity index (χ1n) is 30.5. The Morgan fingerprint density at radius 3 is 1.59 bits per heavy atom. The first kappa shape index (κ1) is 53.4. The predicted octanol–water partition coefficient (Wildman–Crippen LogP) is 22.0. The lowest BCUT2D eigenvalue weighted by molar-refractivity contribution is 0.476. The number of imidazole rings is 1. The average Bonchev–Trinajstić information content (AvgIpc) is 1.74. The van der Waals surface area contributed by atoms with Gasteiger partial charge >= 0.3 is 0 Å². The molecule has 87 heavy (non-hydrogen) atoms. The molecule has 1 N–H and O–H groups in total. The van der Waals surface area contributed by atoms with Gasteiger partial charge in [-0.05, 0) is 181 Å². The van der Waals surface area contributed by atoms with Gasteiger partial charge in [0.2, 0.25) is 0 Å². The largest absolute Gasteiger partial charge is 0.507 e. The Morgan fingerprint density at radius 1 is 0.414 bits per heavy atom. The second kappa shape index (κ2) is 21.6. The second-order valence-electron chi connectivity index (χ2n) is 24.1. The summed E-state index contributed by atoms with van der Waals surface area (Å²) in [4.78, 5) is 11.6. The minimum absolute atomic E-state index is 0.237. The number of phenolic OH excluding ortho intramolecular Hbond substituents is 1. The number of hydrogen-bond donors (Lipinski definition) is 1. The summed E-state index contributed by atoms with van der Waals surface area (Å²) in [6.07, 6.45) is 1.66. The number of aromatic nitrogens is 3. The van der Waals surface area contributed by atoms with Crippen molar-refractivity contribution in [2.45, 2.75) is 66.2 Å². The molecule has 3 aromatic heterocycles. The van der Waals surface area contributed by atoms with Crippen molar-refractivity contribution in [1.82, 2.24) is 14.5 Å². The van der Waals surface area contributed by atoms with Gasteiger partial charge in [-0.15, -0.1) is 0 Å². The van der Waals surface area contributed by atoms with Crippen molar-refractivity contribution >= 4 is 33.0 Å². The van der Waals surface area contributed by atoms with Crippen LogP contribution >= 0.6 is 0 Å². The molecule has 11 aromatic carbocycles. The van der Waals surface area contributed by atoms with E-state index in [0.717, 1.165) is 157 Å². The van der Waals surface area contributed by atoms with Gasteiger partial charge in [0.1, 0.15) is 22.6 Å². The Kier molecular flexibility index (Phi) is 13.3. The van der Waals surface area contributed by atoms with Gasteiger partial charge in [0, 0.05) is 21.9 Å². The zero-order valence-corrected chi connectivity index (χ0v) is 49.9. The van der Waals surface area contributed by atoms with Crippen LogP contribution in [0.1, 0.15) is 72.9 Å². The summed E-state index contributed by atoms with van der Waals surface area (Å²) < 4.78 is 9.59. The van der Waals surface area contributed by atoms with Crippen LogP contribution in [0.2, 0.25) is 0 Å². The Balaban J connectivity index is 1.13. The average molecular weight is 1120 g/mol. The summed E-state index contributed by atoms with van der Waals surface area (Å²) in [7, 11) is 0. The zero-order chi connectivity index (χ0) is 59.0. The van der Waals surface area contributed by atoms with Crippen molar-refractivity contribution in [2.75, 3.05) is 0 Å². The van der Waals surface area contributed by atoms with Crippen LogP contribution in [0.15, 0.2) is 247 Å². The van der Waals surface area contributed by atoms with Gasteiger partial charge < -0.3 is 9.52 Å². The summed E-state index contributed by atoms with van der Waals surface area (Å²) in [5.74, 6) is 1.59. The quantitative estimate of drug-likeness (QED) is 0.140. The minimum Gasteiger partial charge on any atom is -0.507 e. The van der Waals surface area contributed by atoms with Crippen molar-refractivity contribution in [3.63, 3.8) is 0 Å². The van der Waals surface area contributed by atoms with Crippen LogP contribution in [-0.4, -0.2) is 19.6 Å². The lowest BCUT2D eigenvalue weighted by atomic mass is 9.81. The number of rotatable bonds is 11. The highest BCUT2D eigenvalue weighted by Gasteiger charge is 2.30. The number of aromatic hydroxyl groups is 1. The van der Waals surface area contributed by atoms with E-state index in [1.807, 2.05) is 6.07 Å². The summed E-state index contributed by atoms with van der Waals surface area (Å²) in [5, 5.41) is 13.7. The predicted molar refractivity (Wildman–Crippen MR) is 362 cm³/mol. The highest BCUT2D eigenvalue weighted by molar-refractivity contribution is 6.18. The van der Waals surface area contributed by atoms with Crippen molar-refractivity contribution in [1.29, 1.82) is 0 Å². The molecule has 0 aliphatic heterocycles. The van der Waals surface area contributed by atoms with E-state index < -0.39 is 0 Å². The molecule has 1 aliphatic rings. The number of phenols is 1. The van der Waals surface area contributed by atoms with Crippen LogP contribution in [0.5, 0.6) is 5.75 Å². The maximum Gasteiger partial charge on any atom is 0.164 e. The van der Waals surface area contributed by atoms with Crippen LogP contribution in [0.25, 0.3) is 139 Å². The molecule has 1 aliphatic carbocycles. The third-order valence-electron chi connectivity index (χ3n) is 18.0. The molecule has 0 saturated heterocycles. The van der Waals surface area contributed by atoms with Gasteiger partial charge in [0.05, 0.1) is 22.4 Å². The van der Waals surface area contributed by atoms with Crippen molar-refractivity contribution in [3.05, 3.63) is 276 Å². The van der Waals surface area contributed by atoms with Gasteiger partial charge in [-0.3, -0.25) is 4.57 Å². The number of nitrogens with zero attached hydrogens (tertiary/aromatic N) is 3. The van der Waals surface area contributed by atoms with Crippen molar-refractivity contribution in [3.8, 4) is 112 Å². The molecular weight excluding hydrogens is 1060 g/mol. The summed E-state index contributed by atoms with van der Waals surface area (Å²) in [5.41, 5.74) is 29.0. The van der Waals surface area contributed by atoms with Gasteiger partial charge in [0.25, 0.3) is 0 Å².